The van der Waals surface area contributed by atoms with Crippen LogP contribution in [0.1, 0.15) is 13.8 Å². The van der Waals surface area contributed by atoms with E-state index in [1.807, 2.05) is 5.40 Å². The second kappa shape index (κ2) is 4.12. The smallest absolute Gasteiger partial charge is 0.209 e. The normalized spacial score (nSPS) is 12.5. The Balaban J connectivity index is 4.16. The first-order chi connectivity index (χ1) is 5.27. The van der Waals surface area contributed by atoms with Crippen LogP contribution in [-0.4, -0.2) is 19.9 Å². The number of nitrogens with zero attached hydrogens (tertiary/aromatic N) is 1. The molecular weight excluding hydrogens is 196 g/mol. The molecule has 0 heterocycles. The van der Waals surface area contributed by atoms with Crippen molar-refractivity contribution in [1.82, 2.24) is 0 Å². The highest BCUT2D eigenvalue weighted by atomic mass is 32.2. The highest BCUT2D eigenvalue weighted by molar-refractivity contribution is 8.03. The Morgan fingerprint density at radius 3 is 2.42 bits per heavy atom. The topological polar surface area (TPSA) is 83.9 Å². The van der Waals surface area contributed by atoms with E-state index in [1.54, 1.807) is 13.8 Å². The third-order valence-electron chi connectivity index (χ3n) is 1.12. The van der Waals surface area contributed by atoms with Crippen molar-refractivity contribution in [3.63, 3.8) is 0 Å². The molecule has 0 aliphatic rings. The van der Waals surface area contributed by atoms with E-state index in [0.29, 0.717) is 5.75 Å². The Morgan fingerprint density at radius 2 is 2.08 bits per heavy atom. The van der Waals surface area contributed by atoms with Gasteiger partial charge in [0, 0.05) is 5.75 Å². The molecule has 0 aromatic carbocycles. The summed E-state index contributed by atoms with van der Waals surface area (Å²) in [5.41, 5.74) is -0.437. The zero-order valence-electron chi connectivity index (χ0n) is 7.07. The molecule has 0 aromatic rings. The van der Waals surface area contributed by atoms with Gasteiger partial charge in [0.1, 0.15) is 5.40 Å². The van der Waals surface area contributed by atoms with Crippen LogP contribution < -0.4 is 5.14 Å². The fourth-order valence-electron chi connectivity index (χ4n) is 0.814. The quantitative estimate of drug-likeness (QED) is 0.682. The summed E-state index contributed by atoms with van der Waals surface area (Å²) in [7, 11) is -3.43. The first-order valence-electron chi connectivity index (χ1n) is 3.28. The Labute approximate surface area is 77.2 Å². The van der Waals surface area contributed by atoms with Crippen molar-refractivity contribution >= 4 is 21.8 Å². The number of rotatable bonds is 4. The Morgan fingerprint density at radius 1 is 1.58 bits per heavy atom. The molecule has 0 fully saturated rings. The van der Waals surface area contributed by atoms with Crippen molar-refractivity contribution in [3.05, 3.63) is 0 Å². The van der Waals surface area contributed by atoms with Gasteiger partial charge in [-0.15, -0.1) is 0 Å². The summed E-state index contributed by atoms with van der Waals surface area (Å²) in [5, 5.41) is 15.0. The van der Waals surface area contributed by atoms with E-state index in [9.17, 15) is 8.42 Å². The zero-order chi connectivity index (χ0) is 9.83. The van der Waals surface area contributed by atoms with Crippen molar-refractivity contribution in [2.45, 2.75) is 13.8 Å². The standard InChI is InChI=1S/C6H12N2O2S2/c1-6(2,3-11-5-7)4-12(8,9)10/h3-4H2,1-2H3,(H2,8,9,10). The maximum atomic E-state index is 10.7. The molecule has 6 heteroatoms. The average Bonchev–Trinajstić information content (AvgIpc) is 1.78. The van der Waals surface area contributed by atoms with Crippen LogP contribution in [-0.2, 0) is 10.0 Å². The van der Waals surface area contributed by atoms with E-state index >= 15 is 0 Å². The molecular formula is C6H12N2O2S2. The molecule has 0 saturated heterocycles. The lowest BCUT2D eigenvalue weighted by Crippen LogP contribution is -2.30. The largest absolute Gasteiger partial charge is 0.229 e. The van der Waals surface area contributed by atoms with Gasteiger partial charge >= 0.3 is 0 Å². The predicted octanol–water partition coefficient (Wildman–Crippen LogP) is 0.515. The monoisotopic (exact) mass is 208 g/mol. The Bertz CT molecular complexity index is 276. The van der Waals surface area contributed by atoms with Gasteiger partial charge in [0.2, 0.25) is 10.0 Å². The summed E-state index contributed by atoms with van der Waals surface area (Å²) in [4.78, 5) is 0. The molecule has 0 aromatic heterocycles. The minimum Gasteiger partial charge on any atom is -0.229 e. The predicted molar refractivity (Wildman–Crippen MR) is 49.8 cm³/mol. The van der Waals surface area contributed by atoms with E-state index in [1.165, 1.54) is 0 Å². The number of primary sulfonamides is 1. The molecule has 0 bridgehead atoms. The van der Waals surface area contributed by atoms with Crippen LogP contribution in [0.3, 0.4) is 0 Å². The maximum Gasteiger partial charge on any atom is 0.209 e. The molecule has 0 rings (SSSR count). The van der Waals surface area contributed by atoms with Crippen LogP contribution in [0.15, 0.2) is 0 Å². The molecule has 0 saturated carbocycles. The van der Waals surface area contributed by atoms with Crippen LogP contribution in [0.25, 0.3) is 0 Å². The summed E-state index contributed by atoms with van der Waals surface area (Å²) in [6.45, 7) is 3.53. The van der Waals surface area contributed by atoms with Crippen molar-refractivity contribution in [1.29, 1.82) is 5.26 Å². The lowest BCUT2D eigenvalue weighted by molar-refractivity contribution is 0.472. The van der Waals surface area contributed by atoms with Crippen molar-refractivity contribution in [2.24, 2.45) is 10.6 Å². The number of hydrogen-bond donors (Lipinski definition) is 1. The molecule has 0 aliphatic carbocycles. The van der Waals surface area contributed by atoms with E-state index in [0.717, 1.165) is 11.8 Å². The van der Waals surface area contributed by atoms with Gasteiger partial charge in [-0.25, -0.2) is 13.6 Å². The van der Waals surface area contributed by atoms with E-state index in [2.05, 4.69) is 0 Å². The minimum absolute atomic E-state index is 0.0886. The van der Waals surface area contributed by atoms with Crippen LogP contribution >= 0.6 is 11.8 Å². The molecule has 0 radical (unpaired) electrons. The van der Waals surface area contributed by atoms with Crippen LogP contribution in [0, 0.1) is 16.1 Å². The minimum atomic E-state index is -3.43. The first-order valence-corrected chi connectivity index (χ1v) is 5.98. The number of sulfonamides is 1. The molecule has 0 unspecified atom stereocenters. The highest BCUT2D eigenvalue weighted by Gasteiger charge is 2.23. The second-order valence-electron chi connectivity index (χ2n) is 3.35. The van der Waals surface area contributed by atoms with Crippen LogP contribution in [0.5, 0.6) is 0 Å². The average molecular weight is 208 g/mol. The molecule has 0 aliphatic heterocycles. The first kappa shape index (κ1) is 11.8. The zero-order valence-corrected chi connectivity index (χ0v) is 8.70. The van der Waals surface area contributed by atoms with Gasteiger partial charge in [-0.2, -0.15) is 5.26 Å². The molecule has 70 valence electrons. The molecule has 0 atom stereocenters. The number of thiocyanates is 1. The van der Waals surface area contributed by atoms with Gasteiger partial charge in [0.05, 0.1) is 5.75 Å². The van der Waals surface area contributed by atoms with Gasteiger partial charge in [0.25, 0.3) is 0 Å². The van der Waals surface area contributed by atoms with Gasteiger partial charge in [-0.1, -0.05) is 13.8 Å². The fourth-order valence-corrected chi connectivity index (χ4v) is 2.69. The third kappa shape index (κ3) is 6.46. The van der Waals surface area contributed by atoms with E-state index in [-0.39, 0.29) is 5.75 Å². The van der Waals surface area contributed by atoms with E-state index < -0.39 is 15.4 Å². The number of thioether (sulfide) groups is 1. The molecule has 0 spiro atoms. The van der Waals surface area contributed by atoms with Gasteiger partial charge in [-0.3, -0.25) is 0 Å². The summed E-state index contributed by atoms with van der Waals surface area (Å²) in [5.74, 6) is 0.384. The molecule has 0 amide bonds. The maximum absolute atomic E-state index is 10.7. The second-order valence-corrected chi connectivity index (χ2v) is 5.73. The molecule has 2 N–H and O–H groups in total. The lowest BCUT2D eigenvalue weighted by atomic mass is 10.0. The SMILES string of the molecule is CC(C)(CSC#N)CS(N)(=O)=O. The molecule has 12 heavy (non-hydrogen) atoms. The number of nitrogens with two attached hydrogens (primary N) is 1. The van der Waals surface area contributed by atoms with Crippen molar-refractivity contribution < 1.29 is 8.42 Å². The summed E-state index contributed by atoms with van der Waals surface area (Å²) in [6, 6.07) is 0. The summed E-state index contributed by atoms with van der Waals surface area (Å²) in [6.07, 6.45) is 0. The van der Waals surface area contributed by atoms with Gasteiger partial charge < -0.3 is 0 Å². The van der Waals surface area contributed by atoms with Gasteiger partial charge in [0.15, 0.2) is 0 Å². The van der Waals surface area contributed by atoms with Gasteiger partial charge in [-0.05, 0) is 17.2 Å². The Kier molecular flexibility index (Phi) is 4.03. The van der Waals surface area contributed by atoms with Crippen molar-refractivity contribution in [2.75, 3.05) is 11.5 Å². The van der Waals surface area contributed by atoms with Crippen LogP contribution in [0.4, 0.5) is 0 Å². The summed E-state index contributed by atoms with van der Waals surface area (Å²) >= 11 is 1.04. The lowest BCUT2D eigenvalue weighted by Gasteiger charge is -2.20. The highest BCUT2D eigenvalue weighted by Crippen LogP contribution is 2.22. The number of hydrogen-bond acceptors (Lipinski definition) is 4. The van der Waals surface area contributed by atoms with Crippen molar-refractivity contribution in [3.8, 4) is 5.40 Å². The third-order valence-corrected chi connectivity index (χ3v) is 3.36. The van der Waals surface area contributed by atoms with E-state index in [4.69, 9.17) is 10.4 Å². The Hall–Kier alpha value is -0.250. The fraction of sp³-hybridized carbons (Fsp3) is 0.833. The summed E-state index contributed by atoms with van der Waals surface area (Å²) < 4.78 is 21.4. The molecule has 4 nitrogen and oxygen atoms in total. The number of nitriles is 1. The van der Waals surface area contributed by atoms with Crippen LogP contribution in [0.2, 0.25) is 0 Å².